The van der Waals surface area contributed by atoms with Gasteiger partial charge in [-0.05, 0) is 74.2 Å². The first kappa shape index (κ1) is 25.4. The van der Waals surface area contributed by atoms with Crippen LogP contribution in [0.15, 0.2) is 65.5 Å². The maximum Gasteiger partial charge on any atom is 0.335 e. The number of imidazole rings is 1. The van der Waals surface area contributed by atoms with E-state index in [1.54, 1.807) is 30.7 Å². The number of carbonyl (C=O) groups excluding carboxylic acids is 1. The molecule has 2 fully saturated rings. The number of nitrogens with one attached hydrogen (secondary N) is 1. The van der Waals surface area contributed by atoms with Gasteiger partial charge < -0.3 is 19.4 Å². The average Bonchev–Trinajstić information content (AvgIpc) is 3.62. The number of furan rings is 1. The lowest BCUT2D eigenvalue weighted by molar-refractivity contribution is 0.0696. The third-order valence-electron chi connectivity index (χ3n) is 8.09. The fraction of sp³-hybridized carbons (Fsp3) is 0.387. The van der Waals surface area contributed by atoms with E-state index in [4.69, 9.17) is 9.40 Å². The molecular weight excluding hydrogens is 492 g/mol. The molecule has 8 heteroatoms. The second-order valence-corrected chi connectivity index (χ2v) is 10.9. The second-order valence-electron chi connectivity index (χ2n) is 10.9. The van der Waals surface area contributed by atoms with Crippen LogP contribution in [-0.2, 0) is 6.54 Å². The van der Waals surface area contributed by atoms with E-state index in [9.17, 15) is 14.7 Å². The minimum absolute atomic E-state index is 0.0332. The van der Waals surface area contributed by atoms with Crippen molar-refractivity contribution < 1.29 is 19.1 Å². The molecule has 1 aliphatic heterocycles. The molecule has 1 atom stereocenters. The number of carboxylic acids is 1. The van der Waals surface area contributed by atoms with Gasteiger partial charge in [-0.1, -0.05) is 31.4 Å². The van der Waals surface area contributed by atoms with Crippen LogP contribution in [0.4, 0.5) is 0 Å². The Kier molecular flexibility index (Phi) is 7.20. The molecule has 1 amide bonds. The summed E-state index contributed by atoms with van der Waals surface area (Å²) in [7, 11) is 0. The van der Waals surface area contributed by atoms with E-state index in [2.05, 4.69) is 14.8 Å². The Labute approximate surface area is 227 Å². The molecule has 202 valence electrons. The molecule has 6 rings (SSSR count). The SMILES string of the molecule is O=C(O)c1cccc(CN2CCCC(NC(=O)c3ccc4c(c3)nc(-c3ccoc3)n4C3CCCCC3)C2)c1. The molecule has 0 bridgehead atoms. The van der Waals surface area contributed by atoms with Crippen molar-refractivity contribution in [3.05, 3.63) is 77.7 Å². The van der Waals surface area contributed by atoms with Crippen LogP contribution in [-0.4, -0.2) is 50.6 Å². The van der Waals surface area contributed by atoms with E-state index in [-0.39, 0.29) is 11.9 Å². The van der Waals surface area contributed by atoms with Gasteiger partial charge in [-0.3, -0.25) is 9.69 Å². The molecule has 8 nitrogen and oxygen atoms in total. The molecule has 1 unspecified atom stereocenters. The Bertz CT molecular complexity index is 1470. The number of aromatic nitrogens is 2. The molecular formula is C31H34N4O4. The zero-order chi connectivity index (χ0) is 26.8. The molecule has 1 aliphatic carbocycles. The van der Waals surface area contributed by atoms with Crippen molar-refractivity contribution in [1.82, 2.24) is 19.8 Å². The number of fused-ring (bicyclic) bond motifs is 1. The van der Waals surface area contributed by atoms with Gasteiger partial charge in [0.1, 0.15) is 12.1 Å². The summed E-state index contributed by atoms with van der Waals surface area (Å²) in [6.45, 7) is 2.31. The predicted molar refractivity (Wildman–Crippen MR) is 149 cm³/mol. The Balaban J connectivity index is 1.18. The molecule has 3 heterocycles. The minimum Gasteiger partial charge on any atom is -0.478 e. The lowest BCUT2D eigenvalue weighted by Crippen LogP contribution is -2.47. The summed E-state index contributed by atoms with van der Waals surface area (Å²) >= 11 is 0. The van der Waals surface area contributed by atoms with Crippen molar-refractivity contribution in [2.24, 2.45) is 0 Å². The Morgan fingerprint density at radius 1 is 1.00 bits per heavy atom. The molecule has 2 aromatic heterocycles. The standard InChI is InChI=1S/C31H34N4O4/c36-30(32-25-8-5-14-34(19-25)18-21-6-4-7-23(16-21)31(37)38)22-11-12-28-27(17-22)33-29(24-13-15-39-20-24)35(28)26-9-2-1-3-10-26/h4,6-7,11-13,15-17,20,25-26H,1-3,5,8-10,14,18-19H2,(H,32,36)(H,37,38). The number of likely N-dealkylation sites (tertiary alicyclic amines) is 1. The molecule has 2 N–H and O–H groups in total. The molecule has 0 radical (unpaired) electrons. The summed E-state index contributed by atoms with van der Waals surface area (Å²) in [5, 5.41) is 12.5. The number of benzene rings is 2. The van der Waals surface area contributed by atoms with Crippen molar-refractivity contribution >= 4 is 22.9 Å². The van der Waals surface area contributed by atoms with E-state index < -0.39 is 5.97 Å². The van der Waals surface area contributed by atoms with E-state index >= 15 is 0 Å². The van der Waals surface area contributed by atoms with E-state index in [1.807, 2.05) is 30.3 Å². The molecule has 1 saturated carbocycles. The van der Waals surface area contributed by atoms with Crippen molar-refractivity contribution in [2.45, 2.75) is 63.6 Å². The first-order valence-electron chi connectivity index (χ1n) is 13.9. The molecule has 2 aliphatic rings. The maximum atomic E-state index is 13.3. The number of carboxylic acid groups (broad SMARTS) is 1. The normalized spacial score (nSPS) is 18.8. The first-order valence-corrected chi connectivity index (χ1v) is 13.9. The predicted octanol–water partition coefficient (Wildman–Crippen LogP) is 5.89. The topological polar surface area (TPSA) is 101 Å². The van der Waals surface area contributed by atoms with Gasteiger partial charge >= 0.3 is 5.97 Å². The second kappa shape index (κ2) is 11.1. The lowest BCUT2D eigenvalue weighted by atomic mass is 9.95. The van der Waals surface area contributed by atoms with Crippen LogP contribution >= 0.6 is 0 Å². The van der Waals surface area contributed by atoms with Gasteiger partial charge in [0.25, 0.3) is 5.91 Å². The maximum absolute atomic E-state index is 13.3. The van der Waals surface area contributed by atoms with Gasteiger partial charge in [-0.2, -0.15) is 0 Å². The van der Waals surface area contributed by atoms with Crippen LogP contribution in [0.2, 0.25) is 0 Å². The number of aromatic carboxylic acids is 1. The number of hydrogen-bond donors (Lipinski definition) is 2. The quantitative estimate of drug-likeness (QED) is 0.311. The number of hydrogen-bond acceptors (Lipinski definition) is 5. The van der Waals surface area contributed by atoms with Crippen molar-refractivity contribution in [3.63, 3.8) is 0 Å². The highest BCUT2D eigenvalue weighted by Crippen LogP contribution is 2.36. The van der Waals surface area contributed by atoms with Crippen LogP contribution in [0.1, 0.15) is 77.3 Å². The monoisotopic (exact) mass is 526 g/mol. The summed E-state index contributed by atoms with van der Waals surface area (Å²) < 4.78 is 7.72. The highest BCUT2D eigenvalue weighted by Gasteiger charge is 2.25. The van der Waals surface area contributed by atoms with Gasteiger partial charge in [0, 0.05) is 30.7 Å². The zero-order valence-corrected chi connectivity index (χ0v) is 22.0. The average molecular weight is 527 g/mol. The largest absolute Gasteiger partial charge is 0.478 e. The molecule has 0 spiro atoms. The number of rotatable bonds is 7. The summed E-state index contributed by atoms with van der Waals surface area (Å²) in [4.78, 5) is 31.9. The van der Waals surface area contributed by atoms with Gasteiger partial charge in [0.15, 0.2) is 0 Å². The molecule has 4 aromatic rings. The van der Waals surface area contributed by atoms with Crippen LogP contribution in [0.3, 0.4) is 0 Å². The third kappa shape index (κ3) is 5.47. The summed E-state index contributed by atoms with van der Waals surface area (Å²) in [6.07, 6.45) is 11.3. The van der Waals surface area contributed by atoms with Crippen molar-refractivity contribution in [1.29, 1.82) is 0 Å². The number of nitrogens with zero attached hydrogens (tertiary/aromatic N) is 3. The highest BCUT2D eigenvalue weighted by molar-refractivity contribution is 5.98. The van der Waals surface area contributed by atoms with E-state index in [1.165, 1.54) is 19.3 Å². The van der Waals surface area contributed by atoms with Crippen LogP contribution in [0, 0.1) is 0 Å². The fourth-order valence-electron chi connectivity index (χ4n) is 6.19. The van der Waals surface area contributed by atoms with Crippen LogP contribution < -0.4 is 5.32 Å². The Morgan fingerprint density at radius 2 is 1.87 bits per heavy atom. The summed E-state index contributed by atoms with van der Waals surface area (Å²) in [5.74, 6) is -0.107. The van der Waals surface area contributed by atoms with E-state index in [0.717, 1.165) is 66.8 Å². The van der Waals surface area contributed by atoms with Crippen molar-refractivity contribution in [3.8, 4) is 11.4 Å². The summed E-state index contributed by atoms with van der Waals surface area (Å²) in [6, 6.07) is 15.3. The first-order chi connectivity index (χ1) is 19.0. The third-order valence-corrected chi connectivity index (χ3v) is 8.09. The van der Waals surface area contributed by atoms with Crippen LogP contribution in [0.25, 0.3) is 22.4 Å². The van der Waals surface area contributed by atoms with Gasteiger partial charge in [0.2, 0.25) is 0 Å². The van der Waals surface area contributed by atoms with E-state index in [0.29, 0.717) is 23.7 Å². The van der Waals surface area contributed by atoms with Crippen molar-refractivity contribution in [2.75, 3.05) is 13.1 Å². The number of amides is 1. The molecule has 2 aromatic carbocycles. The minimum atomic E-state index is -0.918. The number of carbonyl (C=O) groups is 2. The van der Waals surface area contributed by atoms with Gasteiger partial charge in [-0.15, -0.1) is 0 Å². The molecule has 1 saturated heterocycles. The number of piperidine rings is 1. The Morgan fingerprint density at radius 3 is 2.67 bits per heavy atom. The zero-order valence-electron chi connectivity index (χ0n) is 22.0. The van der Waals surface area contributed by atoms with Crippen LogP contribution in [0.5, 0.6) is 0 Å². The summed E-state index contributed by atoms with van der Waals surface area (Å²) in [5.41, 5.74) is 4.72. The smallest absolute Gasteiger partial charge is 0.335 e. The molecule has 39 heavy (non-hydrogen) atoms. The Hall–Kier alpha value is -3.91. The lowest BCUT2D eigenvalue weighted by Gasteiger charge is -2.33. The fourth-order valence-corrected chi connectivity index (χ4v) is 6.19. The van der Waals surface area contributed by atoms with Gasteiger partial charge in [0.05, 0.1) is 28.4 Å². The highest BCUT2D eigenvalue weighted by atomic mass is 16.4. The van der Waals surface area contributed by atoms with Gasteiger partial charge in [-0.25, -0.2) is 9.78 Å².